The SMILES string of the molecule is CCOC(=O)NC(=S)Nc1[nH]nc(CO)c1-c1ccc(F)cc1. The first-order valence-electron chi connectivity index (χ1n) is 6.74. The molecule has 122 valence electrons. The van der Waals surface area contributed by atoms with Crippen LogP contribution in [0.4, 0.5) is 15.0 Å². The van der Waals surface area contributed by atoms with E-state index in [1.807, 2.05) is 0 Å². The van der Waals surface area contributed by atoms with Gasteiger partial charge in [0, 0.05) is 5.56 Å². The second-order valence-corrected chi connectivity index (χ2v) is 4.79. The Balaban J connectivity index is 2.23. The molecule has 1 aromatic carbocycles. The lowest BCUT2D eigenvalue weighted by Crippen LogP contribution is -2.34. The van der Waals surface area contributed by atoms with Crippen LogP contribution in [0, 0.1) is 5.82 Å². The summed E-state index contributed by atoms with van der Waals surface area (Å²) in [4.78, 5) is 11.3. The Morgan fingerprint density at radius 3 is 2.74 bits per heavy atom. The minimum atomic E-state index is -0.685. The van der Waals surface area contributed by atoms with Crippen molar-refractivity contribution >= 4 is 29.2 Å². The van der Waals surface area contributed by atoms with Crippen LogP contribution in [0.2, 0.25) is 0 Å². The lowest BCUT2D eigenvalue weighted by molar-refractivity contribution is 0.158. The molecule has 1 amide bonds. The summed E-state index contributed by atoms with van der Waals surface area (Å²) in [6, 6.07) is 5.68. The standard InChI is InChI=1S/C14H15FN4O3S/c1-2-22-14(21)17-13(23)16-12-11(10(7-20)18-19-12)8-3-5-9(15)6-4-8/h3-6,20H,2,7H2,1H3,(H3,16,17,18,19,21,23). The van der Waals surface area contributed by atoms with Crippen molar-refractivity contribution in [3.63, 3.8) is 0 Å². The van der Waals surface area contributed by atoms with Crippen LogP contribution in [0.3, 0.4) is 0 Å². The number of hydrogen-bond acceptors (Lipinski definition) is 5. The van der Waals surface area contributed by atoms with Gasteiger partial charge in [-0.05, 0) is 36.8 Å². The number of carbonyl (C=O) groups is 1. The number of alkyl carbamates (subject to hydrolysis) is 1. The van der Waals surface area contributed by atoms with Crippen molar-refractivity contribution < 1.29 is 19.0 Å². The lowest BCUT2D eigenvalue weighted by atomic mass is 10.1. The number of amides is 1. The lowest BCUT2D eigenvalue weighted by Gasteiger charge is -2.10. The highest BCUT2D eigenvalue weighted by atomic mass is 32.1. The minimum Gasteiger partial charge on any atom is -0.450 e. The van der Waals surface area contributed by atoms with Crippen molar-refractivity contribution in [3.05, 3.63) is 35.8 Å². The second kappa shape index (κ2) is 7.65. The summed E-state index contributed by atoms with van der Waals surface area (Å²) in [6.07, 6.45) is -0.685. The molecule has 0 spiro atoms. The fraction of sp³-hybridized carbons (Fsp3) is 0.214. The predicted octanol–water partition coefficient (Wildman–Crippen LogP) is 2.15. The van der Waals surface area contributed by atoms with Crippen molar-refractivity contribution in [2.45, 2.75) is 13.5 Å². The number of aliphatic hydroxyl groups is 1. The average molecular weight is 338 g/mol. The van der Waals surface area contributed by atoms with Gasteiger partial charge < -0.3 is 15.2 Å². The summed E-state index contributed by atoms with van der Waals surface area (Å²) in [5.41, 5.74) is 1.52. The van der Waals surface area contributed by atoms with Crippen LogP contribution in [0.25, 0.3) is 11.1 Å². The summed E-state index contributed by atoms with van der Waals surface area (Å²) in [5, 5.41) is 21.1. The van der Waals surface area contributed by atoms with Crippen LogP contribution < -0.4 is 10.6 Å². The van der Waals surface area contributed by atoms with Crippen molar-refractivity contribution in [2.24, 2.45) is 0 Å². The Labute approximate surface area is 136 Å². The molecule has 9 heteroatoms. The Kier molecular flexibility index (Phi) is 5.61. The number of aromatic nitrogens is 2. The number of aromatic amines is 1. The zero-order chi connectivity index (χ0) is 16.8. The number of halogens is 1. The first-order chi connectivity index (χ1) is 11.0. The largest absolute Gasteiger partial charge is 0.450 e. The maximum Gasteiger partial charge on any atom is 0.413 e. The maximum atomic E-state index is 13.1. The quantitative estimate of drug-likeness (QED) is 0.638. The first kappa shape index (κ1) is 16.8. The topological polar surface area (TPSA) is 99.3 Å². The van der Waals surface area contributed by atoms with Gasteiger partial charge in [0.05, 0.1) is 18.9 Å². The third-order valence-electron chi connectivity index (χ3n) is 2.85. The van der Waals surface area contributed by atoms with E-state index in [4.69, 9.17) is 17.0 Å². The molecule has 0 unspecified atom stereocenters. The Bertz CT molecular complexity index is 703. The summed E-state index contributed by atoms with van der Waals surface area (Å²) in [5.74, 6) is -0.0146. The van der Waals surface area contributed by atoms with Gasteiger partial charge in [-0.3, -0.25) is 10.4 Å². The summed E-state index contributed by atoms with van der Waals surface area (Å²) in [7, 11) is 0. The van der Waals surface area contributed by atoms with Gasteiger partial charge in [-0.25, -0.2) is 9.18 Å². The number of benzene rings is 1. The molecule has 7 nitrogen and oxygen atoms in total. The summed E-state index contributed by atoms with van der Waals surface area (Å²) < 4.78 is 17.8. The fourth-order valence-corrected chi connectivity index (χ4v) is 2.10. The van der Waals surface area contributed by atoms with Gasteiger partial charge in [0.25, 0.3) is 0 Å². The Morgan fingerprint density at radius 2 is 2.13 bits per heavy atom. The van der Waals surface area contributed by atoms with Crippen LogP contribution >= 0.6 is 12.2 Å². The van der Waals surface area contributed by atoms with Crippen LogP contribution in [-0.2, 0) is 11.3 Å². The molecule has 2 rings (SSSR count). The molecule has 0 radical (unpaired) electrons. The number of anilines is 1. The molecular formula is C14H15FN4O3S. The maximum absolute atomic E-state index is 13.1. The number of H-pyrrole nitrogens is 1. The smallest absolute Gasteiger partial charge is 0.413 e. The van der Waals surface area contributed by atoms with E-state index < -0.39 is 6.09 Å². The fourth-order valence-electron chi connectivity index (χ4n) is 1.92. The number of carbonyl (C=O) groups excluding carboxylic acids is 1. The highest BCUT2D eigenvalue weighted by molar-refractivity contribution is 7.80. The molecule has 0 fully saturated rings. The number of nitrogens with zero attached hydrogens (tertiary/aromatic N) is 1. The zero-order valence-corrected chi connectivity index (χ0v) is 13.0. The van der Waals surface area contributed by atoms with Crippen molar-refractivity contribution in [2.75, 3.05) is 11.9 Å². The predicted molar refractivity (Wildman–Crippen MR) is 86.3 cm³/mol. The molecule has 4 N–H and O–H groups in total. The third kappa shape index (κ3) is 4.24. The highest BCUT2D eigenvalue weighted by Crippen LogP contribution is 2.30. The molecule has 0 aliphatic carbocycles. The van der Waals surface area contributed by atoms with Crippen LogP contribution in [0.1, 0.15) is 12.6 Å². The molecule has 1 aromatic heterocycles. The second-order valence-electron chi connectivity index (χ2n) is 4.38. The van der Waals surface area contributed by atoms with E-state index in [1.54, 1.807) is 19.1 Å². The summed E-state index contributed by atoms with van der Waals surface area (Å²) in [6.45, 7) is 1.57. The highest BCUT2D eigenvalue weighted by Gasteiger charge is 2.16. The Morgan fingerprint density at radius 1 is 1.43 bits per heavy atom. The van der Waals surface area contributed by atoms with Gasteiger partial charge in [0.15, 0.2) is 5.11 Å². The van der Waals surface area contributed by atoms with Crippen LogP contribution in [0.5, 0.6) is 0 Å². The molecule has 23 heavy (non-hydrogen) atoms. The number of ether oxygens (including phenoxy) is 1. The molecule has 0 aliphatic rings. The van der Waals surface area contributed by atoms with Crippen molar-refractivity contribution in [1.82, 2.24) is 15.5 Å². The molecule has 0 bridgehead atoms. The van der Waals surface area contributed by atoms with Crippen molar-refractivity contribution in [1.29, 1.82) is 0 Å². The van der Waals surface area contributed by atoms with E-state index in [9.17, 15) is 14.3 Å². The van der Waals surface area contributed by atoms with Crippen LogP contribution in [-0.4, -0.2) is 33.1 Å². The monoisotopic (exact) mass is 338 g/mol. The number of rotatable bonds is 4. The number of aliphatic hydroxyl groups excluding tert-OH is 1. The van der Waals surface area contributed by atoms with E-state index in [0.717, 1.165) is 0 Å². The van der Waals surface area contributed by atoms with Gasteiger partial charge in [-0.1, -0.05) is 12.1 Å². The minimum absolute atomic E-state index is 0.0000449. The van der Waals surface area contributed by atoms with Gasteiger partial charge in [-0.15, -0.1) is 0 Å². The number of hydrogen-bond donors (Lipinski definition) is 4. The molecule has 0 saturated heterocycles. The van der Waals surface area contributed by atoms with Crippen LogP contribution in [0.15, 0.2) is 24.3 Å². The molecule has 0 aliphatic heterocycles. The van der Waals surface area contributed by atoms with Gasteiger partial charge in [0.2, 0.25) is 0 Å². The third-order valence-corrected chi connectivity index (χ3v) is 3.06. The zero-order valence-electron chi connectivity index (χ0n) is 12.2. The summed E-state index contributed by atoms with van der Waals surface area (Å²) >= 11 is 5.01. The molecular weight excluding hydrogens is 323 g/mol. The number of thiocarbonyl (C=S) groups is 1. The average Bonchev–Trinajstić information content (AvgIpc) is 2.90. The van der Waals surface area contributed by atoms with Gasteiger partial charge >= 0.3 is 6.09 Å². The number of nitrogens with one attached hydrogen (secondary N) is 3. The van der Waals surface area contributed by atoms with E-state index in [2.05, 4.69) is 20.8 Å². The normalized spacial score (nSPS) is 10.2. The van der Waals surface area contributed by atoms with Crippen molar-refractivity contribution in [3.8, 4) is 11.1 Å². The molecule has 0 saturated carbocycles. The van der Waals surface area contributed by atoms with E-state index in [1.165, 1.54) is 12.1 Å². The molecule has 0 atom stereocenters. The van der Waals surface area contributed by atoms with E-state index in [0.29, 0.717) is 22.6 Å². The van der Waals surface area contributed by atoms with E-state index in [-0.39, 0.29) is 24.1 Å². The Hall–Kier alpha value is -2.52. The molecule has 1 heterocycles. The molecule has 2 aromatic rings. The van der Waals surface area contributed by atoms with Gasteiger partial charge in [-0.2, -0.15) is 5.10 Å². The first-order valence-corrected chi connectivity index (χ1v) is 7.14. The van der Waals surface area contributed by atoms with Gasteiger partial charge in [0.1, 0.15) is 11.6 Å². The van der Waals surface area contributed by atoms with E-state index >= 15 is 0 Å².